The first-order valence-corrected chi connectivity index (χ1v) is 9.56. The molecule has 2 atom stereocenters. The van der Waals surface area contributed by atoms with Crippen LogP contribution in [0.4, 0.5) is 4.79 Å². The van der Waals surface area contributed by atoms with Gasteiger partial charge in [0.25, 0.3) is 0 Å². The molecule has 4 rings (SSSR count). The fourth-order valence-corrected chi connectivity index (χ4v) is 4.23. The molecule has 9 heteroatoms. The van der Waals surface area contributed by atoms with Crippen molar-refractivity contribution in [1.29, 1.82) is 0 Å². The summed E-state index contributed by atoms with van der Waals surface area (Å²) >= 11 is 1.54. The number of nitrogens with one attached hydrogen (secondary N) is 2. The minimum Gasteiger partial charge on any atom is -0.507 e. The lowest BCUT2D eigenvalue weighted by Crippen LogP contribution is -2.50. The number of thiophene rings is 1. The van der Waals surface area contributed by atoms with Gasteiger partial charge in [-0.05, 0) is 34.9 Å². The van der Waals surface area contributed by atoms with Crippen molar-refractivity contribution in [1.82, 2.24) is 20.4 Å². The van der Waals surface area contributed by atoms with E-state index < -0.39 is 12.0 Å². The Kier molecular flexibility index (Phi) is 4.52. The number of amides is 2. The van der Waals surface area contributed by atoms with Crippen molar-refractivity contribution in [3.63, 3.8) is 0 Å². The van der Waals surface area contributed by atoms with Gasteiger partial charge < -0.3 is 20.8 Å². The monoisotopic (exact) mass is 398 g/mol. The predicted octanol–water partition coefficient (Wildman–Crippen LogP) is 2.50. The van der Waals surface area contributed by atoms with E-state index in [2.05, 4.69) is 15.7 Å². The number of aliphatic hydroxyl groups is 1. The lowest BCUT2D eigenvalue weighted by atomic mass is 9.81. The Morgan fingerprint density at radius 2 is 2.21 bits per heavy atom. The van der Waals surface area contributed by atoms with Gasteiger partial charge in [0.2, 0.25) is 0 Å². The van der Waals surface area contributed by atoms with Crippen molar-refractivity contribution in [2.45, 2.75) is 12.5 Å². The Morgan fingerprint density at radius 3 is 2.82 bits per heavy atom. The zero-order valence-corrected chi connectivity index (χ0v) is 15.7. The number of carbonyl (C=O) groups excluding carboxylic acids is 1. The molecule has 1 unspecified atom stereocenters. The largest absolute Gasteiger partial charge is 0.507 e. The lowest BCUT2D eigenvalue weighted by molar-refractivity contribution is -0.132. The van der Waals surface area contributed by atoms with Crippen molar-refractivity contribution < 1.29 is 19.8 Å². The molecule has 0 saturated carbocycles. The molecule has 3 heterocycles. The van der Waals surface area contributed by atoms with Crippen LogP contribution < -0.4 is 10.6 Å². The van der Waals surface area contributed by atoms with Crippen LogP contribution in [0.25, 0.3) is 11.3 Å². The molecule has 1 aliphatic heterocycles. The minimum absolute atomic E-state index is 0.120. The Morgan fingerprint density at radius 1 is 1.39 bits per heavy atom. The Labute approximate surface area is 164 Å². The third-order valence-electron chi connectivity index (χ3n) is 4.83. The number of urea groups is 1. The highest BCUT2D eigenvalue weighted by atomic mass is 32.1. The second-order valence-electron chi connectivity index (χ2n) is 6.65. The van der Waals surface area contributed by atoms with Crippen molar-refractivity contribution in [2.24, 2.45) is 13.0 Å². The molecule has 0 radical (unpaired) electrons. The second kappa shape index (κ2) is 7.01. The summed E-state index contributed by atoms with van der Waals surface area (Å²) in [6.07, 6.45) is 6.88. The molecule has 2 aromatic heterocycles. The number of carboxylic acids is 1. The Bertz CT molecular complexity index is 1030. The summed E-state index contributed by atoms with van der Waals surface area (Å²) in [7, 11) is 1.80. The third-order valence-corrected chi connectivity index (χ3v) is 5.52. The standard InChI is InChI=1S/C19H18N4O4S/c1-23-8-12(7-20-23)17-15(11-4-5-28-9-11)16(21-19(27)22-17)10-2-3-13(18(25)26)14(24)6-10/h3-10,16,24H,2H2,1H3,(H,25,26)(H2,21,22,27)/t10?,16-/m0/s1. The maximum absolute atomic E-state index is 12.4. The third kappa shape index (κ3) is 3.20. The van der Waals surface area contributed by atoms with E-state index in [0.29, 0.717) is 12.1 Å². The number of hydrogen-bond acceptors (Lipinski definition) is 5. The van der Waals surface area contributed by atoms with Crippen LogP contribution in [0, 0.1) is 5.92 Å². The van der Waals surface area contributed by atoms with Crippen LogP contribution in [0.1, 0.15) is 17.5 Å². The Hall–Kier alpha value is -3.33. The first-order chi connectivity index (χ1) is 13.4. The average molecular weight is 398 g/mol. The molecule has 8 nitrogen and oxygen atoms in total. The predicted molar refractivity (Wildman–Crippen MR) is 104 cm³/mol. The summed E-state index contributed by atoms with van der Waals surface area (Å²) in [6.45, 7) is 0. The van der Waals surface area contributed by atoms with Crippen LogP contribution in [-0.2, 0) is 11.8 Å². The molecule has 28 heavy (non-hydrogen) atoms. The van der Waals surface area contributed by atoms with Gasteiger partial charge in [0, 0.05) is 30.3 Å². The smallest absolute Gasteiger partial charge is 0.339 e. The highest BCUT2D eigenvalue weighted by Gasteiger charge is 2.35. The normalized spacial score (nSPS) is 22.2. The molecule has 0 aromatic carbocycles. The van der Waals surface area contributed by atoms with Crippen LogP contribution in [0.2, 0.25) is 0 Å². The van der Waals surface area contributed by atoms with Gasteiger partial charge in [-0.25, -0.2) is 9.59 Å². The fraction of sp³-hybridized carbons (Fsp3) is 0.211. The maximum atomic E-state index is 12.4. The van der Waals surface area contributed by atoms with E-state index in [-0.39, 0.29) is 23.3 Å². The highest BCUT2D eigenvalue weighted by Crippen LogP contribution is 2.37. The van der Waals surface area contributed by atoms with E-state index in [4.69, 9.17) is 0 Å². The van der Waals surface area contributed by atoms with Gasteiger partial charge in [0.05, 0.1) is 23.5 Å². The van der Waals surface area contributed by atoms with E-state index >= 15 is 0 Å². The van der Waals surface area contributed by atoms with Crippen molar-refractivity contribution in [3.8, 4) is 0 Å². The number of aromatic nitrogens is 2. The summed E-state index contributed by atoms with van der Waals surface area (Å²) in [6, 6.07) is 1.17. The number of hydrogen-bond donors (Lipinski definition) is 4. The number of rotatable bonds is 4. The molecule has 2 amide bonds. The molecular weight excluding hydrogens is 380 g/mol. The molecule has 2 aromatic rings. The van der Waals surface area contributed by atoms with E-state index in [1.54, 1.807) is 29.3 Å². The first-order valence-electron chi connectivity index (χ1n) is 8.62. The van der Waals surface area contributed by atoms with E-state index in [1.165, 1.54) is 12.2 Å². The number of aliphatic hydroxyl groups excluding tert-OH is 1. The molecular formula is C19H18N4O4S. The van der Waals surface area contributed by atoms with E-state index in [0.717, 1.165) is 16.7 Å². The van der Waals surface area contributed by atoms with Crippen LogP contribution >= 0.6 is 11.3 Å². The number of aryl methyl sites for hydroxylation is 1. The quantitative estimate of drug-likeness (QED) is 0.631. The molecule has 1 aliphatic carbocycles. The van der Waals surface area contributed by atoms with Gasteiger partial charge in [-0.3, -0.25) is 4.68 Å². The van der Waals surface area contributed by atoms with Crippen LogP contribution in [-0.4, -0.2) is 38.0 Å². The Balaban J connectivity index is 1.82. The lowest BCUT2D eigenvalue weighted by Gasteiger charge is -2.34. The van der Waals surface area contributed by atoms with Crippen molar-refractivity contribution in [2.75, 3.05) is 0 Å². The van der Waals surface area contributed by atoms with Crippen molar-refractivity contribution >= 4 is 34.6 Å². The van der Waals surface area contributed by atoms with Gasteiger partial charge in [-0.15, -0.1) is 0 Å². The summed E-state index contributed by atoms with van der Waals surface area (Å²) in [4.78, 5) is 23.6. The van der Waals surface area contributed by atoms with Crippen LogP contribution in [0.5, 0.6) is 0 Å². The van der Waals surface area contributed by atoms with Gasteiger partial charge >= 0.3 is 12.0 Å². The molecule has 0 saturated heterocycles. The molecule has 0 fully saturated rings. The van der Waals surface area contributed by atoms with Gasteiger partial charge in [0.15, 0.2) is 0 Å². The summed E-state index contributed by atoms with van der Waals surface area (Å²) in [5.41, 5.74) is 3.12. The molecule has 0 spiro atoms. The number of carbonyl (C=O) groups is 2. The van der Waals surface area contributed by atoms with Gasteiger partial charge in [-0.2, -0.15) is 16.4 Å². The summed E-state index contributed by atoms with van der Waals surface area (Å²) in [5.74, 6) is -1.76. The summed E-state index contributed by atoms with van der Waals surface area (Å²) in [5, 5.41) is 33.3. The minimum atomic E-state index is -1.17. The topological polar surface area (TPSA) is 116 Å². The number of allylic oxidation sites excluding steroid dienone is 1. The first kappa shape index (κ1) is 18.1. The molecule has 4 N–H and O–H groups in total. The van der Waals surface area contributed by atoms with E-state index in [9.17, 15) is 19.8 Å². The van der Waals surface area contributed by atoms with Gasteiger partial charge in [-0.1, -0.05) is 6.08 Å². The second-order valence-corrected chi connectivity index (χ2v) is 7.43. The molecule has 2 aliphatic rings. The molecule has 144 valence electrons. The highest BCUT2D eigenvalue weighted by molar-refractivity contribution is 7.08. The number of nitrogens with zero attached hydrogens (tertiary/aromatic N) is 2. The zero-order chi connectivity index (χ0) is 19.8. The van der Waals surface area contributed by atoms with Crippen LogP contribution in [0.15, 0.2) is 52.7 Å². The number of carboxylic acid groups (broad SMARTS) is 1. The fourth-order valence-electron chi connectivity index (χ4n) is 3.57. The van der Waals surface area contributed by atoms with Gasteiger partial charge in [0.1, 0.15) is 5.76 Å². The van der Waals surface area contributed by atoms with E-state index in [1.807, 2.05) is 23.0 Å². The SMILES string of the molecule is Cn1cc(C2=C(c3ccsc3)[C@H](C3C=C(O)C(C(=O)O)=CC3)NC(=O)N2)cn1. The number of aliphatic carboxylic acids is 1. The van der Waals surface area contributed by atoms with Crippen LogP contribution in [0.3, 0.4) is 0 Å². The maximum Gasteiger partial charge on any atom is 0.339 e. The zero-order valence-electron chi connectivity index (χ0n) is 14.9. The average Bonchev–Trinajstić information content (AvgIpc) is 3.32. The molecule has 0 bridgehead atoms. The summed E-state index contributed by atoms with van der Waals surface area (Å²) < 4.78 is 1.66. The van der Waals surface area contributed by atoms with Crippen molar-refractivity contribution in [3.05, 3.63) is 63.8 Å².